The highest BCUT2D eigenvalue weighted by Gasteiger charge is 2.39. The lowest BCUT2D eigenvalue weighted by atomic mass is 10.1. The van der Waals surface area contributed by atoms with Gasteiger partial charge in [0.05, 0.1) is 6.20 Å². The van der Waals surface area contributed by atoms with Gasteiger partial charge in [0, 0.05) is 37.3 Å². The van der Waals surface area contributed by atoms with Gasteiger partial charge in [-0.15, -0.1) is 5.10 Å². The predicted molar refractivity (Wildman–Crippen MR) is 108 cm³/mol. The molecule has 2 aromatic heterocycles. The first-order valence-corrected chi connectivity index (χ1v) is 10.0. The molecule has 0 spiro atoms. The van der Waals surface area contributed by atoms with Gasteiger partial charge in [-0.1, -0.05) is 0 Å². The molecule has 9 nitrogen and oxygen atoms in total. The number of rotatable bonds is 6. The summed E-state index contributed by atoms with van der Waals surface area (Å²) in [5.41, 5.74) is -0.326. The minimum Gasteiger partial charge on any atom is -0.308 e. The highest BCUT2D eigenvalue weighted by atomic mass is 19.4. The topological polar surface area (TPSA) is 87.5 Å². The Morgan fingerprint density at radius 3 is 2.56 bits per heavy atom. The number of imide groups is 1. The summed E-state index contributed by atoms with van der Waals surface area (Å²) in [7, 11) is 5.14. The Kier molecular flexibility index (Phi) is 5.49. The molecule has 0 atom stereocenters. The number of hydrogen-bond acceptors (Lipinski definition) is 6. The molecular weight excluding hydrogens is 427 g/mol. The molecule has 0 unspecified atom stereocenters. The van der Waals surface area contributed by atoms with E-state index in [0.29, 0.717) is 12.2 Å². The van der Waals surface area contributed by atoms with E-state index in [1.54, 1.807) is 6.07 Å². The quantitative estimate of drug-likeness (QED) is 0.498. The zero-order valence-electron chi connectivity index (χ0n) is 17.8. The van der Waals surface area contributed by atoms with E-state index in [0.717, 1.165) is 23.8 Å². The van der Waals surface area contributed by atoms with Crippen LogP contribution in [0.25, 0.3) is 17.6 Å². The summed E-state index contributed by atoms with van der Waals surface area (Å²) >= 11 is 0. The largest absolute Gasteiger partial charge is 0.433 e. The molecule has 170 valence electrons. The van der Waals surface area contributed by atoms with Gasteiger partial charge in [0.2, 0.25) is 0 Å². The Bertz CT molecular complexity index is 1090. The van der Waals surface area contributed by atoms with Crippen LogP contribution in [-0.4, -0.2) is 80.6 Å². The number of halogens is 3. The lowest BCUT2D eigenvalue weighted by molar-refractivity contribution is -0.141. The molecule has 0 bridgehead atoms. The monoisotopic (exact) mass is 449 g/mol. The number of carbonyl (C=O) groups is 2. The second kappa shape index (κ2) is 8.01. The van der Waals surface area contributed by atoms with Crippen LogP contribution in [0.4, 0.5) is 18.0 Å². The van der Waals surface area contributed by atoms with Crippen LogP contribution in [0.1, 0.15) is 30.1 Å². The minimum atomic E-state index is -4.58. The van der Waals surface area contributed by atoms with E-state index in [-0.39, 0.29) is 29.5 Å². The Labute approximate surface area is 182 Å². The van der Waals surface area contributed by atoms with Gasteiger partial charge in [0.25, 0.3) is 5.91 Å². The Hall–Kier alpha value is -3.28. The average molecular weight is 449 g/mol. The van der Waals surface area contributed by atoms with E-state index in [1.165, 1.54) is 29.2 Å². The molecule has 3 heterocycles. The van der Waals surface area contributed by atoms with Crippen LogP contribution >= 0.6 is 0 Å². The van der Waals surface area contributed by atoms with Crippen molar-refractivity contribution in [2.24, 2.45) is 0 Å². The van der Waals surface area contributed by atoms with Crippen LogP contribution in [0.15, 0.2) is 24.2 Å². The molecule has 2 fully saturated rings. The number of nitrogens with zero attached hydrogens (tertiary/aromatic N) is 7. The summed E-state index contributed by atoms with van der Waals surface area (Å²) in [6.07, 6.45) is -0.371. The molecule has 4 rings (SSSR count). The standard InChI is InChI=1S/C20H22F3N7O2/c1-27(2)6-7-30-18(31)15(28(3)19(30)32)10-29-11-24-17(26-29)13-8-14(12-4-5-12)25-16(9-13)20(21,22)23/h8-12H,4-7H2,1-3H3. The maximum atomic E-state index is 13.3. The van der Waals surface area contributed by atoms with Gasteiger partial charge in [0.1, 0.15) is 17.7 Å². The molecule has 1 aliphatic heterocycles. The highest BCUT2D eigenvalue weighted by Crippen LogP contribution is 2.41. The number of likely N-dealkylation sites (N-methyl/N-ethyl adjacent to an activating group) is 2. The van der Waals surface area contributed by atoms with Crippen molar-refractivity contribution in [3.05, 3.63) is 35.5 Å². The number of urea groups is 1. The van der Waals surface area contributed by atoms with Gasteiger partial charge in [-0.05, 0) is 39.1 Å². The maximum Gasteiger partial charge on any atom is 0.433 e. The van der Waals surface area contributed by atoms with Crippen molar-refractivity contribution in [3.8, 4) is 11.4 Å². The third-order valence-corrected chi connectivity index (χ3v) is 5.27. The van der Waals surface area contributed by atoms with Gasteiger partial charge in [-0.25, -0.2) is 19.4 Å². The molecule has 3 amide bonds. The van der Waals surface area contributed by atoms with Crippen molar-refractivity contribution in [1.29, 1.82) is 0 Å². The van der Waals surface area contributed by atoms with E-state index in [4.69, 9.17) is 0 Å². The minimum absolute atomic E-state index is 0.0178. The smallest absolute Gasteiger partial charge is 0.308 e. The third-order valence-electron chi connectivity index (χ3n) is 5.27. The van der Waals surface area contributed by atoms with Crippen molar-refractivity contribution >= 4 is 18.1 Å². The first-order chi connectivity index (χ1) is 15.0. The van der Waals surface area contributed by atoms with E-state index in [1.807, 2.05) is 19.0 Å². The first kappa shape index (κ1) is 21.9. The molecule has 1 aliphatic carbocycles. The van der Waals surface area contributed by atoms with E-state index in [9.17, 15) is 22.8 Å². The molecular formula is C20H22F3N7O2. The predicted octanol–water partition coefficient (Wildman–Crippen LogP) is 2.49. The van der Waals surface area contributed by atoms with Gasteiger partial charge in [0.15, 0.2) is 5.82 Å². The van der Waals surface area contributed by atoms with Crippen LogP contribution in [-0.2, 0) is 11.0 Å². The summed E-state index contributed by atoms with van der Waals surface area (Å²) < 4.78 is 41.1. The van der Waals surface area contributed by atoms with E-state index in [2.05, 4.69) is 15.1 Å². The molecule has 2 aromatic rings. The molecule has 32 heavy (non-hydrogen) atoms. The second-order valence-corrected chi connectivity index (χ2v) is 8.10. The molecule has 1 saturated heterocycles. The Balaban J connectivity index is 1.62. The molecule has 0 N–H and O–H groups in total. The number of alkyl halides is 3. The van der Waals surface area contributed by atoms with Crippen molar-refractivity contribution < 1.29 is 22.8 Å². The first-order valence-electron chi connectivity index (χ1n) is 10.0. The van der Waals surface area contributed by atoms with E-state index < -0.39 is 23.8 Å². The summed E-state index contributed by atoms with van der Waals surface area (Å²) in [6.45, 7) is 0.745. The SMILES string of the molecule is CN(C)CCN1C(=O)C(=Cn2cnc(-c3cc(C4CC4)nc(C(F)(F)F)c3)n2)N(C)C1=O. The third kappa shape index (κ3) is 4.35. The van der Waals surface area contributed by atoms with Crippen molar-refractivity contribution in [2.75, 3.05) is 34.2 Å². The van der Waals surface area contributed by atoms with Crippen LogP contribution in [0, 0.1) is 0 Å². The second-order valence-electron chi connectivity index (χ2n) is 8.10. The van der Waals surface area contributed by atoms with Gasteiger partial charge >= 0.3 is 12.2 Å². The average Bonchev–Trinajstić information content (AvgIpc) is 3.44. The zero-order chi connectivity index (χ0) is 23.2. The summed E-state index contributed by atoms with van der Waals surface area (Å²) in [5.74, 6) is -0.389. The number of amides is 3. The van der Waals surface area contributed by atoms with Crippen molar-refractivity contribution in [3.63, 3.8) is 0 Å². The van der Waals surface area contributed by atoms with Crippen LogP contribution in [0.5, 0.6) is 0 Å². The molecule has 0 radical (unpaired) electrons. The summed E-state index contributed by atoms with van der Waals surface area (Å²) in [6, 6.07) is 2.03. The van der Waals surface area contributed by atoms with Crippen molar-refractivity contribution in [1.82, 2.24) is 34.4 Å². The number of hydrogen-bond donors (Lipinski definition) is 0. The molecule has 0 aromatic carbocycles. The number of pyridine rings is 1. The van der Waals surface area contributed by atoms with Gasteiger partial charge in [-0.3, -0.25) is 14.6 Å². The Morgan fingerprint density at radius 1 is 1.22 bits per heavy atom. The van der Waals surface area contributed by atoms with Gasteiger partial charge in [-0.2, -0.15) is 13.2 Å². The normalized spacial score (nSPS) is 18.5. The molecule has 2 aliphatic rings. The van der Waals surface area contributed by atoms with Crippen LogP contribution in [0.2, 0.25) is 0 Å². The fourth-order valence-corrected chi connectivity index (χ4v) is 3.30. The fourth-order valence-electron chi connectivity index (χ4n) is 3.30. The summed E-state index contributed by atoms with van der Waals surface area (Å²) in [4.78, 5) is 37.1. The number of carbonyl (C=O) groups excluding carboxylic acids is 2. The Morgan fingerprint density at radius 2 is 1.94 bits per heavy atom. The lowest BCUT2D eigenvalue weighted by Crippen LogP contribution is -2.36. The van der Waals surface area contributed by atoms with Crippen LogP contribution in [0.3, 0.4) is 0 Å². The summed E-state index contributed by atoms with van der Waals surface area (Å²) in [5, 5.41) is 4.20. The van der Waals surface area contributed by atoms with Gasteiger partial charge < -0.3 is 4.90 Å². The lowest BCUT2D eigenvalue weighted by Gasteiger charge is -2.16. The molecule has 1 saturated carbocycles. The molecule has 12 heteroatoms. The fraction of sp³-hybridized carbons (Fsp3) is 0.450. The van der Waals surface area contributed by atoms with Crippen molar-refractivity contribution in [2.45, 2.75) is 24.9 Å². The zero-order valence-corrected chi connectivity index (χ0v) is 17.8. The van der Waals surface area contributed by atoms with E-state index >= 15 is 0 Å². The number of aromatic nitrogens is 4. The maximum absolute atomic E-state index is 13.3. The highest BCUT2D eigenvalue weighted by molar-refractivity contribution is 6.13. The van der Waals surface area contributed by atoms with Crippen LogP contribution < -0.4 is 0 Å².